The molecule has 0 spiro atoms. The predicted molar refractivity (Wildman–Crippen MR) is 103 cm³/mol. The lowest BCUT2D eigenvalue weighted by Gasteiger charge is -2.27. The molecule has 0 amide bonds. The Balaban J connectivity index is 2.22. The molecule has 1 aromatic heterocycles. The highest BCUT2D eigenvalue weighted by atomic mass is 35.6. The quantitative estimate of drug-likeness (QED) is 0.421. The van der Waals surface area contributed by atoms with Gasteiger partial charge in [-0.15, -0.1) is 11.3 Å². The van der Waals surface area contributed by atoms with Crippen LogP contribution in [0.25, 0.3) is 17.2 Å². The van der Waals surface area contributed by atoms with Crippen molar-refractivity contribution in [3.8, 4) is 11.1 Å². The largest absolute Gasteiger partial charge is 0.167 e. The standard InChI is InChI=1S/C19H23ClSSi/c1-12(2)15-11-16-17(14-9-7-6-8-10-14)13(3)21-18(16)19(15)22(4,5)20/h6-12,19H,1-5H3. The third-order valence-electron chi connectivity index (χ3n) is 4.47. The van der Waals surface area contributed by atoms with E-state index in [1.54, 1.807) is 0 Å². The first kappa shape index (κ1) is 16.0. The molecule has 1 atom stereocenters. The van der Waals surface area contributed by atoms with Crippen LogP contribution in [0.3, 0.4) is 0 Å². The van der Waals surface area contributed by atoms with E-state index in [4.69, 9.17) is 11.1 Å². The molecule has 0 aliphatic heterocycles. The molecule has 1 aliphatic rings. The van der Waals surface area contributed by atoms with Crippen LogP contribution in [0.15, 0.2) is 35.9 Å². The third-order valence-corrected chi connectivity index (χ3v) is 8.52. The number of benzene rings is 1. The molecule has 3 rings (SSSR count). The maximum Gasteiger partial charge on any atom is 0.162 e. The summed E-state index contributed by atoms with van der Waals surface area (Å²) >= 11 is 8.87. The lowest BCUT2D eigenvalue weighted by molar-refractivity contribution is 0.742. The zero-order valence-electron chi connectivity index (χ0n) is 13.9. The Bertz CT molecular complexity index is 720. The van der Waals surface area contributed by atoms with Gasteiger partial charge in [-0.2, -0.15) is 11.1 Å². The van der Waals surface area contributed by atoms with Gasteiger partial charge in [0.25, 0.3) is 0 Å². The molecule has 0 fully saturated rings. The van der Waals surface area contributed by atoms with Gasteiger partial charge in [0.2, 0.25) is 0 Å². The fourth-order valence-corrected chi connectivity index (χ4v) is 8.65. The van der Waals surface area contributed by atoms with E-state index in [-0.39, 0.29) is 0 Å². The molecule has 0 saturated heterocycles. The van der Waals surface area contributed by atoms with E-state index >= 15 is 0 Å². The SMILES string of the molecule is Cc1sc2c(c1-c1ccccc1)C=C(C(C)C)C2[Si](C)(C)Cl. The van der Waals surface area contributed by atoms with Gasteiger partial charge >= 0.3 is 0 Å². The molecule has 2 aromatic rings. The van der Waals surface area contributed by atoms with Gasteiger partial charge < -0.3 is 0 Å². The Morgan fingerprint density at radius 1 is 1.14 bits per heavy atom. The number of thiophene rings is 1. The molecule has 0 radical (unpaired) electrons. The van der Waals surface area contributed by atoms with E-state index in [0.717, 1.165) is 0 Å². The van der Waals surface area contributed by atoms with Crippen molar-refractivity contribution in [2.24, 2.45) is 5.92 Å². The number of aryl methyl sites for hydroxylation is 1. The first-order chi connectivity index (χ1) is 10.3. The molecule has 0 bridgehead atoms. The smallest absolute Gasteiger partial charge is 0.162 e. The zero-order valence-corrected chi connectivity index (χ0v) is 16.5. The van der Waals surface area contributed by atoms with Crippen LogP contribution in [-0.4, -0.2) is 7.38 Å². The van der Waals surface area contributed by atoms with Crippen molar-refractivity contribution in [1.29, 1.82) is 0 Å². The van der Waals surface area contributed by atoms with Crippen LogP contribution in [0, 0.1) is 12.8 Å². The first-order valence-electron chi connectivity index (χ1n) is 7.89. The highest BCUT2D eigenvalue weighted by Gasteiger charge is 2.41. The summed E-state index contributed by atoms with van der Waals surface area (Å²) in [5, 5.41) is 0. The monoisotopic (exact) mass is 346 g/mol. The fraction of sp³-hybridized carbons (Fsp3) is 0.368. The Morgan fingerprint density at radius 2 is 1.77 bits per heavy atom. The minimum absolute atomic E-state index is 0.463. The summed E-state index contributed by atoms with van der Waals surface area (Å²) in [6, 6.07) is 10.8. The molecule has 116 valence electrons. The number of fused-ring (bicyclic) bond motifs is 1. The first-order valence-corrected chi connectivity index (χ1v) is 12.8. The molecule has 0 nitrogen and oxygen atoms in total. The summed E-state index contributed by atoms with van der Waals surface area (Å²) < 4.78 is 0. The number of hydrogen-bond donors (Lipinski definition) is 0. The van der Waals surface area contributed by atoms with E-state index in [2.05, 4.69) is 70.3 Å². The molecular weight excluding hydrogens is 324 g/mol. The number of allylic oxidation sites excluding steroid dienone is 1. The number of hydrogen-bond acceptors (Lipinski definition) is 1. The molecule has 1 unspecified atom stereocenters. The second-order valence-corrected chi connectivity index (χ2v) is 14.9. The van der Waals surface area contributed by atoms with Crippen molar-refractivity contribution in [2.75, 3.05) is 0 Å². The summed E-state index contributed by atoms with van der Waals surface area (Å²) in [6.45, 7) is 11.4. The third kappa shape index (κ3) is 2.62. The summed E-state index contributed by atoms with van der Waals surface area (Å²) in [4.78, 5) is 2.92. The molecule has 0 saturated carbocycles. The molecular formula is C19H23ClSSi. The minimum atomic E-state index is -1.80. The van der Waals surface area contributed by atoms with Crippen molar-refractivity contribution in [3.05, 3.63) is 51.2 Å². The van der Waals surface area contributed by atoms with Crippen LogP contribution in [0.1, 0.15) is 34.7 Å². The van der Waals surface area contributed by atoms with E-state index in [1.165, 1.54) is 32.0 Å². The molecule has 1 aromatic carbocycles. The average molecular weight is 347 g/mol. The minimum Gasteiger partial charge on any atom is -0.167 e. The van der Waals surface area contributed by atoms with E-state index in [9.17, 15) is 0 Å². The van der Waals surface area contributed by atoms with Gasteiger partial charge in [0.1, 0.15) is 0 Å². The second-order valence-electron chi connectivity index (χ2n) is 6.97. The summed E-state index contributed by atoms with van der Waals surface area (Å²) in [7, 11) is -1.80. The fourth-order valence-electron chi connectivity index (χ4n) is 3.51. The molecule has 1 heterocycles. The van der Waals surface area contributed by atoms with Gasteiger partial charge in [-0.3, -0.25) is 0 Å². The zero-order chi connectivity index (χ0) is 16.1. The summed E-state index contributed by atoms with van der Waals surface area (Å²) in [5.41, 5.74) is 6.17. The van der Waals surface area contributed by atoms with Gasteiger partial charge in [-0.1, -0.05) is 68.9 Å². The van der Waals surface area contributed by atoms with Gasteiger partial charge in [0, 0.05) is 20.9 Å². The van der Waals surface area contributed by atoms with Gasteiger partial charge in [-0.05, 0) is 24.0 Å². The summed E-state index contributed by atoms with van der Waals surface area (Å²) in [5.74, 6) is 0.555. The van der Waals surface area contributed by atoms with Gasteiger partial charge in [0.15, 0.2) is 7.38 Å². The second kappa shape index (κ2) is 5.66. The maximum atomic E-state index is 6.92. The molecule has 22 heavy (non-hydrogen) atoms. The maximum absolute atomic E-state index is 6.92. The predicted octanol–water partition coefficient (Wildman–Crippen LogP) is 6.84. The molecule has 0 N–H and O–H groups in total. The van der Waals surface area contributed by atoms with Crippen LogP contribution < -0.4 is 0 Å². The average Bonchev–Trinajstić information content (AvgIpc) is 2.93. The van der Waals surface area contributed by atoms with Crippen LogP contribution >= 0.6 is 22.4 Å². The highest BCUT2D eigenvalue weighted by Crippen LogP contribution is 2.53. The van der Waals surface area contributed by atoms with Gasteiger partial charge in [0.05, 0.1) is 0 Å². The number of rotatable bonds is 3. The lowest BCUT2D eigenvalue weighted by atomic mass is 10.0. The van der Waals surface area contributed by atoms with Crippen molar-refractivity contribution in [3.63, 3.8) is 0 Å². The Labute approximate surface area is 143 Å². The van der Waals surface area contributed by atoms with Crippen molar-refractivity contribution < 1.29 is 0 Å². The van der Waals surface area contributed by atoms with Crippen LogP contribution in [0.2, 0.25) is 13.1 Å². The topological polar surface area (TPSA) is 0 Å². The van der Waals surface area contributed by atoms with Crippen LogP contribution in [-0.2, 0) is 0 Å². The van der Waals surface area contributed by atoms with E-state index < -0.39 is 7.38 Å². The van der Waals surface area contributed by atoms with E-state index in [1.807, 2.05) is 11.3 Å². The van der Waals surface area contributed by atoms with Crippen LogP contribution in [0.4, 0.5) is 0 Å². The Hall–Kier alpha value is -0.833. The summed E-state index contributed by atoms with van der Waals surface area (Å²) in [6.07, 6.45) is 2.44. The normalized spacial score (nSPS) is 17.8. The van der Waals surface area contributed by atoms with Gasteiger partial charge in [-0.25, -0.2) is 0 Å². The lowest BCUT2D eigenvalue weighted by Crippen LogP contribution is -2.29. The van der Waals surface area contributed by atoms with E-state index in [0.29, 0.717) is 11.5 Å². The van der Waals surface area contributed by atoms with Crippen LogP contribution in [0.5, 0.6) is 0 Å². The van der Waals surface area contributed by atoms with Crippen molar-refractivity contribution in [1.82, 2.24) is 0 Å². The Kier molecular flexibility index (Phi) is 4.13. The molecule has 3 heteroatoms. The van der Waals surface area contributed by atoms with Crippen molar-refractivity contribution in [2.45, 2.75) is 39.4 Å². The Morgan fingerprint density at radius 3 is 2.32 bits per heavy atom. The molecule has 1 aliphatic carbocycles. The number of halogens is 1. The van der Waals surface area contributed by atoms with Crippen molar-refractivity contribution >= 4 is 35.9 Å². The highest BCUT2D eigenvalue weighted by molar-refractivity contribution is 7.22.